The number of hydrogen-bond donors (Lipinski definition) is 1. The van der Waals surface area contributed by atoms with Gasteiger partial charge in [0.05, 0.1) is 6.54 Å². The van der Waals surface area contributed by atoms with E-state index in [1.807, 2.05) is 6.07 Å². The van der Waals surface area contributed by atoms with E-state index in [9.17, 15) is 0 Å². The van der Waals surface area contributed by atoms with E-state index in [-0.39, 0.29) is 0 Å². The highest BCUT2D eigenvalue weighted by atomic mass is 79.9. The van der Waals surface area contributed by atoms with E-state index in [2.05, 4.69) is 73.1 Å². The maximum Gasteiger partial charge on any atom is 0.225 e. The van der Waals surface area contributed by atoms with Gasteiger partial charge in [-0.25, -0.2) is 15.0 Å². The third-order valence-electron chi connectivity index (χ3n) is 4.45. The van der Waals surface area contributed by atoms with E-state index in [4.69, 9.17) is 4.99 Å². The summed E-state index contributed by atoms with van der Waals surface area (Å²) in [5.41, 5.74) is 2.50. The summed E-state index contributed by atoms with van der Waals surface area (Å²) in [5.74, 6) is 1.78. The van der Waals surface area contributed by atoms with Crippen LogP contribution in [0.15, 0.2) is 46.1 Å². The molecule has 26 heavy (non-hydrogen) atoms. The molecule has 3 rings (SSSR count). The molecule has 1 aliphatic rings. The third kappa shape index (κ3) is 4.72. The lowest BCUT2D eigenvalue weighted by Crippen LogP contribution is -2.53. The van der Waals surface area contributed by atoms with Crippen molar-refractivity contribution >= 4 is 27.8 Å². The van der Waals surface area contributed by atoms with Gasteiger partial charge in [-0.05, 0) is 43.2 Å². The van der Waals surface area contributed by atoms with Gasteiger partial charge in [-0.2, -0.15) is 0 Å². The predicted molar refractivity (Wildman–Crippen MR) is 110 cm³/mol. The summed E-state index contributed by atoms with van der Waals surface area (Å²) in [6, 6.07) is 8.19. The second-order valence-corrected chi connectivity index (χ2v) is 7.18. The van der Waals surface area contributed by atoms with Crippen molar-refractivity contribution in [2.45, 2.75) is 20.4 Å². The molecule has 0 radical (unpaired) electrons. The molecule has 1 saturated heterocycles. The molecule has 0 atom stereocenters. The van der Waals surface area contributed by atoms with Crippen molar-refractivity contribution in [2.75, 3.05) is 37.6 Å². The summed E-state index contributed by atoms with van der Waals surface area (Å²) in [6.07, 6.45) is 3.58. The number of nitrogens with one attached hydrogen (secondary N) is 1. The van der Waals surface area contributed by atoms with E-state index in [0.29, 0.717) is 6.54 Å². The Bertz CT molecular complexity index is 741. The highest BCUT2D eigenvalue weighted by molar-refractivity contribution is 9.10. The maximum absolute atomic E-state index is 4.86. The molecule has 1 fully saturated rings. The zero-order valence-electron chi connectivity index (χ0n) is 15.3. The summed E-state index contributed by atoms with van der Waals surface area (Å²) in [6.45, 7) is 9.38. The number of anilines is 1. The number of aryl methyl sites for hydroxylation is 1. The Morgan fingerprint density at radius 3 is 2.58 bits per heavy atom. The number of guanidine groups is 1. The first-order chi connectivity index (χ1) is 12.7. The summed E-state index contributed by atoms with van der Waals surface area (Å²) in [4.78, 5) is 18.1. The van der Waals surface area contributed by atoms with Crippen LogP contribution in [0.2, 0.25) is 0 Å². The summed E-state index contributed by atoms with van der Waals surface area (Å²) < 4.78 is 1.11. The van der Waals surface area contributed by atoms with Crippen LogP contribution in [0.3, 0.4) is 0 Å². The Morgan fingerprint density at radius 1 is 1.19 bits per heavy atom. The fourth-order valence-corrected chi connectivity index (χ4v) is 3.47. The lowest BCUT2D eigenvalue weighted by molar-refractivity contribution is 0.370. The number of aliphatic imine (C=N–C) groups is 1. The lowest BCUT2D eigenvalue weighted by atomic mass is 10.1. The van der Waals surface area contributed by atoms with Gasteiger partial charge < -0.3 is 15.1 Å². The summed E-state index contributed by atoms with van der Waals surface area (Å²) in [5, 5.41) is 3.42. The Labute approximate surface area is 163 Å². The molecule has 1 aromatic carbocycles. The fraction of sp³-hybridized carbons (Fsp3) is 0.421. The van der Waals surface area contributed by atoms with Gasteiger partial charge in [-0.1, -0.05) is 22.0 Å². The van der Waals surface area contributed by atoms with Crippen molar-refractivity contribution in [1.82, 2.24) is 20.2 Å². The Kier molecular flexibility index (Phi) is 6.44. The lowest BCUT2D eigenvalue weighted by Gasteiger charge is -2.36. The molecule has 1 aromatic heterocycles. The Hall–Kier alpha value is -2.15. The van der Waals surface area contributed by atoms with E-state index < -0.39 is 0 Å². The zero-order chi connectivity index (χ0) is 18.4. The van der Waals surface area contributed by atoms with Gasteiger partial charge in [0, 0.05) is 49.6 Å². The highest BCUT2D eigenvalue weighted by Crippen LogP contribution is 2.17. The second-order valence-electron chi connectivity index (χ2n) is 6.26. The van der Waals surface area contributed by atoms with Crippen molar-refractivity contribution in [2.24, 2.45) is 4.99 Å². The van der Waals surface area contributed by atoms with Gasteiger partial charge in [0.2, 0.25) is 5.95 Å². The minimum absolute atomic E-state index is 0.684. The Morgan fingerprint density at radius 2 is 1.92 bits per heavy atom. The fourth-order valence-electron chi connectivity index (χ4n) is 3.00. The van der Waals surface area contributed by atoms with Crippen LogP contribution in [0.25, 0.3) is 0 Å². The first-order valence-electron chi connectivity index (χ1n) is 8.97. The predicted octanol–water partition coefficient (Wildman–Crippen LogP) is 2.84. The van der Waals surface area contributed by atoms with Crippen LogP contribution in [-0.2, 0) is 6.54 Å². The minimum Gasteiger partial charge on any atom is -0.357 e. The molecule has 2 heterocycles. The highest BCUT2D eigenvalue weighted by Gasteiger charge is 2.21. The van der Waals surface area contributed by atoms with Crippen LogP contribution in [0.1, 0.15) is 18.1 Å². The number of nitrogens with zero attached hydrogens (tertiary/aromatic N) is 5. The number of halogens is 1. The molecular weight excluding hydrogens is 392 g/mol. The van der Waals surface area contributed by atoms with Gasteiger partial charge >= 0.3 is 0 Å². The van der Waals surface area contributed by atoms with E-state index in [1.54, 1.807) is 12.4 Å². The van der Waals surface area contributed by atoms with Crippen LogP contribution in [0.4, 0.5) is 5.95 Å². The molecule has 2 aromatic rings. The number of benzene rings is 1. The standard InChI is InChI=1S/C19H25BrN6/c1-3-21-18(24-14-16-5-6-17(20)13-15(16)2)25-9-11-26(12-10-25)19-22-7-4-8-23-19/h4-8,13H,3,9-12,14H2,1-2H3,(H,21,24). The van der Waals surface area contributed by atoms with Crippen molar-refractivity contribution < 1.29 is 0 Å². The van der Waals surface area contributed by atoms with Crippen molar-refractivity contribution in [3.8, 4) is 0 Å². The molecule has 7 heteroatoms. The first-order valence-corrected chi connectivity index (χ1v) is 9.77. The molecule has 0 unspecified atom stereocenters. The van der Waals surface area contributed by atoms with Gasteiger partial charge in [0.1, 0.15) is 0 Å². The smallest absolute Gasteiger partial charge is 0.225 e. The summed E-state index contributed by atoms with van der Waals surface area (Å²) in [7, 11) is 0. The van der Waals surface area contributed by atoms with E-state index in [1.165, 1.54) is 11.1 Å². The van der Waals surface area contributed by atoms with Gasteiger partial charge in [0.15, 0.2) is 5.96 Å². The van der Waals surface area contributed by atoms with Crippen LogP contribution >= 0.6 is 15.9 Å². The van der Waals surface area contributed by atoms with Crippen LogP contribution in [-0.4, -0.2) is 53.6 Å². The maximum atomic E-state index is 4.86. The van der Waals surface area contributed by atoms with E-state index >= 15 is 0 Å². The number of rotatable bonds is 4. The van der Waals surface area contributed by atoms with Crippen molar-refractivity contribution in [3.63, 3.8) is 0 Å². The van der Waals surface area contributed by atoms with Crippen LogP contribution < -0.4 is 10.2 Å². The topological polar surface area (TPSA) is 56.7 Å². The molecular formula is C19H25BrN6. The number of piperazine rings is 1. The monoisotopic (exact) mass is 416 g/mol. The third-order valence-corrected chi connectivity index (χ3v) is 4.95. The normalized spacial score (nSPS) is 15.3. The van der Waals surface area contributed by atoms with Gasteiger partial charge in [-0.3, -0.25) is 0 Å². The van der Waals surface area contributed by atoms with Crippen LogP contribution in [0, 0.1) is 6.92 Å². The molecule has 0 spiro atoms. The second kappa shape index (κ2) is 8.98. The molecule has 1 aliphatic heterocycles. The Balaban J connectivity index is 1.64. The molecule has 0 aliphatic carbocycles. The van der Waals surface area contributed by atoms with Gasteiger partial charge in [0.25, 0.3) is 0 Å². The number of hydrogen-bond acceptors (Lipinski definition) is 4. The number of aromatic nitrogens is 2. The zero-order valence-corrected chi connectivity index (χ0v) is 16.9. The van der Waals surface area contributed by atoms with Crippen LogP contribution in [0.5, 0.6) is 0 Å². The SMILES string of the molecule is CCNC(=NCc1ccc(Br)cc1C)N1CCN(c2ncccn2)CC1. The molecule has 0 bridgehead atoms. The van der Waals surface area contributed by atoms with Gasteiger partial charge in [-0.15, -0.1) is 0 Å². The quantitative estimate of drug-likeness (QED) is 0.613. The first kappa shape index (κ1) is 18.6. The molecule has 1 N–H and O–H groups in total. The average Bonchev–Trinajstić information content (AvgIpc) is 2.67. The molecule has 0 amide bonds. The molecule has 6 nitrogen and oxygen atoms in total. The minimum atomic E-state index is 0.684. The molecule has 138 valence electrons. The van der Waals surface area contributed by atoms with Crippen molar-refractivity contribution in [3.05, 3.63) is 52.3 Å². The van der Waals surface area contributed by atoms with E-state index in [0.717, 1.165) is 49.1 Å². The molecule has 0 saturated carbocycles. The van der Waals surface area contributed by atoms with Crippen molar-refractivity contribution in [1.29, 1.82) is 0 Å². The summed E-state index contributed by atoms with van der Waals surface area (Å²) >= 11 is 3.52. The average molecular weight is 417 g/mol. The largest absolute Gasteiger partial charge is 0.357 e.